The van der Waals surface area contributed by atoms with Gasteiger partial charge in [0, 0.05) is 5.56 Å². The van der Waals surface area contributed by atoms with E-state index in [0.717, 1.165) is 11.3 Å². The van der Waals surface area contributed by atoms with Crippen molar-refractivity contribution in [3.05, 3.63) is 29.8 Å². The summed E-state index contributed by atoms with van der Waals surface area (Å²) in [6.45, 7) is 0. The summed E-state index contributed by atoms with van der Waals surface area (Å²) in [5.41, 5.74) is 3.36. The fourth-order valence-electron chi connectivity index (χ4n) is 0.747. The number of hydrogen-bond donors (Lipinski definition) is 2. The van der Waals surface area contributed by atoms with E-state index in [1.54, 1.807) is 24.3 Å². The van der Waals surface area contributed by atoms with Gasteiger partial charge in [0.2, 0.25) is 0 Å². The molecule has 0 atom stereocenters. The molecule has 0 aliphatic carbocycles. The molecule has 0 unspecified atom stereocenters. The van der Waals surface area contributed by atoms with Gasteiger partial charge in [-0.1, -0.05) is 5.92 Å². The van der Waals surface area contributed by atoms with Crippen molar-refractivity contribution >= 4 is 12.0 Å². The Hall–Kier alpha value is -1.79. The molecule has 0 heterocycles. The highest BCUT2D eigenvalue weighted by Gasteiger charge is 1.87. The van der Waals surface area contributed by atoms with E-state index in [4.69, 9.17) is 11.6 Å². The number of rotatable bonds is 2. The average molecular weight is 160 g/mol. The third kappa shape index (κ3) is 2.11. The van der Waals surface area contributed by atoms with Crippen molar-refractivity contribution in [2.24, 2.45) is 4.99 Å². The van der Waals surface area contributed by atoms with E-state index < -0.39 is 0 Å². The molecule has 0 saturated heterocycles. The lowest BCUT2D eigenvalue weighted by molar-refractivity contribution is 0.240. The highest BCUT2D eigenvalue weighted by atomic mass is 16.5. The normalized spacial score (nSPS) is 9.67. The van der Waals surface area contributed by atoms with Gasteiger partial charge in [-0.25, -0.2) is 4.99 Å². The van der Waals surface area contributed by atoms with Gasteiger partial charge < -0.3 is 0 Å². The molecular formula is C9H8N2O. The van der Waals surface area contributed by atoms with Gasteiger partial charge in [0.05, 0.1) is 5.69 Å². The molecule has 3 heteroatoms. The molecular weight excluding hydrogens is 152 g/mol. The number of benzene rings is 1. The molecule has 2 N–H and O–H groups in total. The van der Waals surface area contributed by atoms with E-state index in [2.05, 4.69) is 10.9 Å². The summed E-state index contributed by atoms with van der Waals surface area (Å²) in [5, 5.41) is 8.20. The van der Waals surface area contributed by atoms with Crippen molar-refractivity contribution in [1.82, 2.24) is 5.48 Å². The lowest BCUT2D eigenvalue weighted by Gasteiger charge is -1.92. The summed E-state index contributed by atoms with van der Waals surface area (Å²) in [6.07, 6.45) is 6.34. The number of nitrogens with zero attached hydrogens (tertiary/aromatic N) is 1. The minimum atomic E-state index is 0.732. The van der Waals surface area contributed by atoms with Gasteiger partial charge in [0.15, 0.2) is 0 Å². The van der Waals surface area contributed by atoms with Gasteiger partial charge in [-0.2, -0.15) is 0 Å². The fourth-order valence-corrected chi connectivity index (χ4v) is 0.747. The molecule has 1 rings (SSSR count). The maximum atomic E-state index is 8.20. The maximum absolute atomic E-state index is 8.20. The van der Waals surface area contributed by atoms with Crippen LogP contribution in [-0.4, -0.2) is 11.5 Å². The van der Waals surface area contributed by atoms with Crippen LogP contribution in [-0.2, 0) is 0 Å². The van der Waals surface area contributed by atoms with Crippen molar-refractivity contribution in [1.29, 1.82) is 0 Å². The summed E-state index contributed by atoms with van der Waals surface area (Å²) in [4.78, 5) is 3.85. The Labute approximate surface area is 70.7 Å². The number of nitrogens with one attached hydrogen (secondary N) is 1. The molecule has 0 aliphatic heterocycles. The van der Waals surface area contributed by atoms with E-state index in [1.807, 2.05) is 5.48 Å². The maximum Gasteiger partial charge on any atom is 0.113 e. The SMILES string of the molecule is C#Cc1ccc(N=CNO)cc1. The molecule has 0 bridgehead atoms. The van der Waals surface area contributed by atoms with Crippen LogP contribution in [0.1, 0.15) is 5.56 Å². The first-order chi connectivity index (χ1) is 5.86. The number of hydrogen-bond acceptors (Lipinski definition) is 2. The first-order valence-corrected chi connectivity index (χ1v) is 3.35. The Balaban J connectivity index is 2.80. The largest absolute Gasteiger partial charge is 0.290 e. The van der Waals surface area contributed by atoms with Gasteiger partial charge in [0.1, 0.15) is 6.34 Å². The van der Waals surface area contributed by atoms with Crippen LogP contribution in [0.3, 0.4) is 0 Å². The Morgan fingerprint density at radius 2 is 2.08 bits per heavy atom. The zero-order chi connectivity index (χ0) is 8.81. The van der Waals surface area contributed by atoms with E-state index in [1.165, 1.54) is 6.34 Å². The van der Waals surface area contributed by atoms with Gasteiger partial charge in [-0.3, -0.25) is 10.7 Å². The summed E-state index contributed by atoms with van der Waals surface area (Å²) in [7, 11) is 0. The average Bonchev–Trinajstić information content (AvgIpc) is 2.15. The molecule has 0 amide bonds. The molecule has 1 aromatic carbocycles. The lowest BCUT2D eigenvalue weighted by atomic mass is 10.2. The smallest absolute Gasteiger partial charge is 0.113 e. The third-order valence-electron chi connectivity index (χ3n) is 1.31. The molecule has 12 heavy (non-hydrogen) atoms. The lowest BCUT2D eigenvalue weighted by Crippen LogP contribution is -2.00. The molecule has 0 fully saturated rings. The molecule has 0 saturated carbocycles. The summed E-state index contributed by atoms with van der Waals surface area (Å²) >= 11 is 0. The van der Waals surface area contributed by atoms with Crippen molar-refractivity contribution in [3.63, 3.8) is 0 Å². The quantitative estimate of drug-likeness (QED) is 0.296. The van der Waals surface area contributed by atoms with Crippen molar-refractivity contribution in [3.8, 4) is 12.3 Å². The minimum absolute atomic E-state index is 0.732. The first kappa shape index (κ1) is 8.31. The van der Waals surface area contributed by atoms with Crippen molar-refractivity contribution < 1.29 is 5.21 Å². The second kappa shape index (κ2) is 4.16. The Bertz CT molecular complexity index is 308. The van der Waals surface area contributed by atoms with Gasteiger partial charge in [-0.05, 0) is 24.3 Å². The number of terminal acetylenes is 1. The van der Waals surface area contributed by atoms with Crippen LogP contribution in [0.25, 0.3) is 0 Å². The van der Waals surface area contributed by atoms with Crippen LogP contribution in [0.15, 0.2) is 29.3 Å². The minimum Gasteiger partial charge on any atom is -0.290 e. The van der Waals surface area contributed by atoms with E-state index in [0.29, 0.717) is 0 Å². The summed E-state index contributed by atoms with van der Waals surface area (Å²) < 4.78 is 0. The predicted molar refractivity (Wildman–Crippen MR) is 47.5 cm³/mol. The zero-order valence-electron chi connectivity index (χ0n) is 6.36. The Morgan fingerprint density at radius 3 is 2.58 bits per heavy atom. The van der Waals surface area contributed by atoms with Crippen LogP contribution < -0.4 is 5.48 Å². The Kier molecular flexibility index (Phi) is 2.88. The number of aliphatic imine (C=N–C) groups is 1. The molecule has 60 valence electrons. The standard InChI is InChI=1S/C9H8N2O/c1-2-8-3-5-9(6-4-8)10-7-11-12/h1,3-7,12H,(H,10,11). The molecule has 1 aromatic rings. The Morgan fingerprint density at radius 1 is 1.42 bits per heavy atom. The van der Waals surface area contributed by atoms with Crippen LogP contribution in [0.2, 0.25) is 0 Å². The van der Waals surface area contributed by atoms with E-state index in [9.17, 15) is 0 Å². The van der Waals surface area contributed by atoms with Crippen LogP contribution >= 0.6 is 0 Å². The highest BCUT2D eigenvalue weighted by molar-refractivity contribution is 5.60. The van der Waals surface area contributed by atoms with Gasteiger partial charge in [-0.15, -0.1) is 6.42 Å². The molecule has 0 spiro atoms. The third-order valence-corrected chi connectivity index (χ3v) is 1.31. The molecule has 0 aliphatic rings. The summed E-state index contributed by atoms with van der Waals surface area (Å²) in [5.74, 6) is 2.49. The second-order valence-corrected chi connectivity index (χ2v) is 2.08. The fraction of sp³-hybridized carbons (Fsp3) is 0. The second-order valence-electron chi connectivity index (χ2n) is 2.08. The predicted octanol–water partition coefficient (Wildman–Crippen LogP) is 1.31. The topological polar surface area (TPSA) is 44.6 Å². The van der Waals surface area contributed by atoms with E-state index >= 15 is 0 Å². The van der Waals surface area contributed by atoms with E-state index in [-0.39, 0.29) is 0 Å². The zero-order valence-corrected chi connectivity index (χ0v) is 6.36. The molecule has 0 radical (unpaired) electrons. The van der Waals surface area contributed by atoms with Crippen LogP contribution in [0.5, 0.6) is 0 Å². The first-order valence-electron chi connectivity index (χ1n) is 3.35. The molecule has 0 aromatic heterocycles. The van der Waals surface area contributed by atoms with Gasteiger partial charge >= 0.3 is 0 Å². The van der Waals surface area contributed by atoms with Crippen LogP contribution in [0.4, 0.5) is 5.69 Å². The number of hydroxylamine groups is 1. The monoisotopic (exact) mass is 160 g/mol. The van der Waals surface area contributed by atoms with Crippen LogP contribution in [0, 0.1) is 12.3 Å². The molecule has 3 nitrogen and oxygen atoms in total. The van der Waals surface area contributed by atoms with Crippen molar-refractivity contribution in [2.75, 3.05) is 0 Å². The highest BCUT2D eigenvalue weighted by Crippen LogP contribution is 2.10. The van der Waals surface area contributed by atoms with Gasteiger partial charge in [0.25, 0.3) is 0 Å². The van der Waals surface area contributed by atoms with Crippen molar-refractivity contribution in [2.45, 2.75) is 0 Å². The summed E-state index contributed by atoms with van der Waals surface area (Å²) in [6, 6.07) is 7.10.